The maximum atomic E-state index is 12.9. The molecule has 1 saturated heterocycles. The van der Waals surface area contributed by atoms with E-state index in [4.69, 9.17) is 5.26 Å². The molecule has 0 saturated carbocycles. The van der Waals surface area contributed by atoms with E-state index in [1.165, 1.54) is 23.4 Å². The number of piperazine rings is 1. The molecule has 0 aliphatic carbocycles. The molecule has 1 aliphatic heterocycles. The van der Waals surface area contributed by atoms with E-state index in [1.54, 1.807) is 30.3 Å². The minimum Gasteiger partial charge on any atom is -0.368 e. The number of rotatable bonds is 4. The Morgan fingerprint density at radius 2 is 1.68 bits per heavy atom. The first-order valence-electron chi connectivity index (χ1n) is 8.68. The molecule has 1 aliphatic rings. The first kappa shape index (κ1) is 19.6. The number of nitrogens with zero attached hydrogens (tertiary/aromatic N) is 4. The number of carbonyl (C=O) groups excluding carboxylic acids is 1. The molecule has 142 valence electrons. The SMILES string of the molecule is CC(=O)c1ccc(C#N)cc1N1CCN(S(=O)(=O)c2ccccc2C#N)CC1. The molecule has 2 aromatic carbocycles. The summed E-state index contributed by atoms with van der Waals surface area (Å²) in [5, 5.41) is 18.4. The average Bonchev–Trinajstić information content (AvgIpc) is 2.73. The molecule has 1 heterocycles. The molecule has 2 aromatic rings. The summed E-state index contributed by atoms with van der Waals surface area (Å²) < 4.78 is 27.2. The van der Waals surface area contributed by atoms with Gasteiger partial charge in [-0.2, -0.15) is 14.8 Å². The van der Waals surface area contributed by atoms with E-state index < -0.39 is 10.0 Å². The molecule has 0 radical (unpaired) electrons. The first-order valence-corrected chi connectivity index (χ1v) is 10.1. The fraction of sp³-hybridized carbons (Fsp3) is 0.250. The minimum absolute atomic E-state index is 0.00172. The number of benzene rings is 2. The third-order valence-corrected chi connectivity index (χ3v) is 6.67. The number of anilines is 1. The van der Waals surface area contributed by atoms with Crippen LogP contribution in [0.2, 0.25) is 0 Å². The zero-order valence-electron chi connectivity index (χ0n) is 15.3. The lowest BCUT2D eigenvalue weighted by Gasteiger charge is -2.36. The van der Waals surface area contributed by atoms with Gasteiger partial charge in [-0.25, -0.2) is 8.42 Å². The average molecular weight is 394 g/mol. The Labute approximate surface area is 164 Å². The molecule has 8 heteroatoms. The highest BCUT2D eigenvalue weighted by molar-refractivity contribution is 7.89. The second-order valence-electron chi connectivity index (χ2n) is 6.40. The van der Waals surface area contributed by atoms with E-state index in [2.05, 4.69) is 6.07 Å². The van der Waals surface area contributed by atoms with Gasteiger partial charge >= 0.3 is 0 Å². The van der Waals surface area contributed by atoms with Gasteiger partial charge in [0.2, 0.25) is 10.0 Å². The predicted octanol–water partition coefficient (Wildman–Crippen LogP) is 2.14. The van der Waals surface area contributed by atoms with Crippen molar-refractivity contribution in [1.82, 2.24) is 4.31 Å². The summed E-state index contributed by atoms with van der Waals surface area (Å²) in [5.41, 5.74) is 1.70. The normalized spacial score (nSPS) is 14.9. The van der Waals surface area contributed by atoms with Crippen LogP contribution in [-0.2, 0) is 10.0 Å². The highest BCUT2D eigenvalue weighted by atomic mass is 32.2. The van der Waals surface area contributed by atoms with Gasteiger partial charge in [0, 0.05) is 37.4 Å². The molecule has 0 N–H and O–H groups in total. The summed E-state index contributed by atoms with van der Waals surface area (Å²) in [4.78, 5) is 13.9. The molecule has 0 unspecified atom stereocenters. The lowest BCUT2D eigenvalue weighted by Crippen LogP contribution is -2.49. The molecular formula is C20H18N4O3S. The second kappa shape index (κ2) is 7.81. The molecule has 0 spiro atoms. The highest BCUT2D eigenvalue weighted by Gasteiger charge is 2.31. The Morgan fingerprint density at radius 1 is 1.00 bits per heavy atom. The van der Waals surface area contributed by atoms with Crippen LogP contribution in [0.4, 0.5) is 5.69 Å². The van der Waals surface area contributed by atoms with E-state index in [0.717, 1.165) is 0 Å². The van der Waals surface area contributed by atoms with Crippen molar-refractivity contribution in [3.05, 3.63) is 59.2 Å². The quantitative estimate of drug-likeness (QED) is 0.736. The lowest BCUT2D eigenvalue weighted by atomic mass is 10.0. The fourth-order valence-electron chi connectivity index (χ4n) is 3.25. The lowest BCUT2D eigenvalue weighted by molar-refractivity contribution is 0.101. The molecule has 0 amide bonds. The standard InChI is InChI=1S/C20H18N4O3S/c1-15(25)18-7-6-16(13-21)12-19(18)23-8-10-24(11-9-23)28(26,27)20-5-3-2-4-17(20)14-22/h2-7,12H,8-11H2,1H3. The number of hydrogen-bond donors (Lipinski definition) is 0. The molecular weight excluding hydrogens is 376 g/mol. The van der Waals surface area contributed by atoms with Crippen molar-refractivity contribution in [1.29, 1.82) is 10.5 Å². The molecule has 0 bridgehead atoms. The highest BCUT2D eigenvalue weighted by Crippen LogP contribution is 2.26. The van der Waals surface area contributed by atoms with E-state index in [0.29, 0.717) is 29.9 Å². The Kier molecular flexibility index (Phi) is 5.46. The summed E-state index contributed by atoms with van der Waals surface area (Å²) in [6.45, 7) is 2.66. The van der Waals surface area contributed by atoms with Crippen LogP contribution in [-0.4, -0.2) is 44.7 Å². The monoisotopic (exact) mass is 394 g/mol. The number of ketones is 1. The first-order chi connectivity index (χ1) is 13.4. The van der Waals surface area contributed by atoms with Gasteiger partial charge in [-0.05, 0) is 37.3 Å². The van der Waals surface area contributed by atoms with E-state index in [-0.39, 0.29) is 29.3 Å². The van der Waals surface area contributed by atoms with Gasteiger partial charge in [0.15, 0.2) is 5.78 Å². The summed E-state index contributed by atoms with van der Waals surface area (Å²) in [5.74, 6) is -0.113. The summed E-state index contributed by atoms with van der Waals surface area (Å²) >= 11 is 0. The van der Waals surface area contributed by atoms with Crippen molar-refractivity contribution in [2.24, 2.45) is 0 Å². The second-order valence-corrected chi connectivity index (χ2v) is 8.31. The van der Waals surface area contributed by atoms with Crippen molar-refractivity contribution >= 4 is 21.5 Å². The summed E-state index contributed by atoms with van der Waals surface area (Å²) in [7, 11) is -3.78. The van der Waals surface area contributed by atoms with Gasteiger partial charge in [-0.1, -0.05) is 12.1 Å². The van der Waals surface area contributed by atoms with Gasteiger partial charge in [-0.3, -0.25) is 4.79 Å². The van der Waals surface area contributed by atoms with Crippen molar-refractivity contribution < 1.29 is 13.2 Å². The number of sulfonamides is 1. The Hall–Kier alpha value is -3.20. The van der Waals surface area contributed by atoms with Crippen LogP contribution in [0.25, 0.3) is 0 Å². The van der Waals surface area contributed by atoms with Crippen LogP contribution in [0.5, 0.6) is 0 Å². The Balaban J connectivity index is 1.85. The van der Waals surface area contributed by atoms with Gasteiger partial charge in [0.05, 0.1) is 22.1 Å². The molecule has 7 nitrogen and oxygen atoms in total. The van der Waals surface area contributed by atoms with Crippen molar-refractivity contribution in [3.8, 4) is 12.1 Å². The number of carbonyl (C=O) groups is 1. The summed E-state index contributed by atoms with van der Waals surface area (Å²) in [6, 6.07) is 15.0. The van der Waals surface area contributed by atoms with Crippen LogP contribution in [0.15, 0.2) is 47.4 Å². The molecule has 0 aromatic heterocycles. The molecule has 0 atom stereocenters. The van der Waals surface area contributed by atoms with Crippen LogP contribution < -0.4 is 4.90 Å². The van der Waals surface area contributed by atoms with E-state index in [1.807, 2.05) is 11.0 Å². The van der Waals surface area contributed by atoms with Gasteiger partial charge in [0.1, 0.15) is 6.07 Å². The topological polar surface area (TPSA) is 105 Å². The van der Waals surface area contributed by atoms with Crippen LogP contribution in [0, 0.1) is 22.7 Å². The summed E-state index contributed by atoms with van der Waals surface area (Å²) in [6.07, 6.45) is 0. The van der Waals surface area contributed by atoms with E-state index >= 15 is 0 Å². The number of hydrogen-bond acceptors (Lipinski definition) is 6. The molecule has 1 fully saturated rings. The van der Waals surface area contributed by atoms with Crippen molar-refractivity contribution in [2.75, 3.05) is 31.1 Å². The van der Waals surface area contributed by atoms with Crippen molar-refractivity contribution in [2.45, 2.75) is 11.8 Å². The number of Topliss-reactive ketones (excluding diaryl/α,β-unsaturated/α-hetero) is 1. The third kappa shape index (κ3) is 3.61. The van der Waals surface area contributed by atoms with Gasteiger partial charge < -0.3 is 4.90 Å². The smallest absolute Gasteiger partial charge is 0.244 e. The Bertz CT molecular complexity index is 1110. The van der Waals surface area contributed by atoms with Crippen molar-refractivity contribution in [3.63, 3.8) is 0 Å². The van der Waals surface area contributed by atoms with Gasteiger partial charge in [0.25, 0.3) is 0 Å². The van der Waals surface area contributed by atoms with Gasteiger partial charge in [-0.15, -0.1) is 0 Å². The fourth-order valence-corrected chi connectivity index (χ4v) is 4.82. The van der Waals surface area contributed by atoms with Crippen LogP contribution >= 0.6 is 0 Å². The Morgan fingerprint density at radius 3 is 2.29 bits per heavy atom. The predicted molar refractivity (Wildman–Crippen MR) is 103 cm³/mol. The number of nitriles is 2. The maximum absolute atomic E-state index is 12.9. The zero-order chi connectivity index (χ0) is 20.3. The maximum Gasteiger partial charge on any atom is 0.244 e. The largest absolute Gasteiger partial charge is 0.368 e. The third-order valence-electron chi connectivity index (χ3n) is 4.71. The zero-order valence-corrected chi connectivity index (χ0v) is 16.1. The van der Waals surface area contributed by atoms with E-state index in [9.17, 15) is 18.5 Å². The molecule has 3 rings (SSSR count). The minimum atomic E-state index is -3.78. The van der Waals surface area contributed by atoms with Crippen LogP contribution in [0.1, 0.15) is 28.4 Å². The van der Waals surface area contributed by atoms with Crippen LogP contribution in [0.3, 0.4) is 0 Å². The molecule has 28 heavy (non-hydrogen) atoms.